The van der Waals surface area contributed by atoms with Gasteiger partial charge in [-0.2, -0.15) is 0 Å². The van der Waals surface area contributed by atoms with Crippen molar-refractivity contribution in [3.8, 4) is 0 Å². The second-order valence-electron chi connectivity index (χ2n) is 1.85. The molecule has 0 saturated carbocycles. The van der Waals surface area contributed by atoms with E-state index in [0.29, 0.717) is 13.1 Å². The lowest BCUT2D eigenvalue weighted by Gasteiger charge is -2.02. The first-order valence-corrected chi connectivity index (χ1v) is 3.42. The number of rotatable bonds is 4. The smallest absolute Gasteiger partial charge is 0.407 e. The lowest BCUT2D eigenvalue weighted by molar-refractivity contribution is 0.149. The summed E-state index contributed by atoms with van der Waals surface area (Å²) in [5.41, 5.74) is 5.10. The summed E-state index contributed by atoms with van der Waals surface area (Å²) in [6, 6.07) is 0. The van der Waals surface area contributed by atoms with Gasteiger partial charge in [0.05, 0.1) is 0 Å². The highest BCUT2D eigenvalue weighted by atomic mass is 16.5. The summed E-state index contributed by atoms with van der Waals surface area (Å²) in [6.07, 6.45) is 0.532. The zero-order valence-corrected chi connectivity index (χ0v) is 6.22. The monoisotopic (exact) mass is 146 g/mol. The molecule has 4 nitrogen and oxygen atoms in total. The molecule has 0 aromatic rings. The number of ether oxygens (including phenoxy) is 1. The number of alkyl carbamates (subject to hydrolysis) is 1. The summed E-state index contributed by atoms with van der Waals surface area (Å²) >= 11 is 0. The first kappa shape index (κ1) is 9.23. The fraction of sp³-hybridized carbons (Fsp3) is 0.833. The molecule has 0 aliphatic rings. The zero-order chi connectivity index (χ0) is 7.82. The Morgan fingerprint density at radius 3 is 2.90 bits per heavy atom. The molecule has 4 heteroatoms. The van der Waals surface area contributed by atoms with Crippen LogP contribution in [0.5, 0.6) is 0 Å². The van der Waals surface area contributed by atoms with Gasteiger partial charge in [-0.05, 0) is 6.42 Å². The average Bonchev–Trinajstić information content (AvgIpc) is 1.97. The van der Waals surface area contributed by atoms with Gasteiger partial charge in [0.1, 0.15) is 6.61 Å². The van der Waals surface area contributed by atoms with Crippen LogP contribution >= 0.6 is 0 Å². The molecule has 60 valence electrons. The van der Waals surface area contributed by atoms with Gasteiger partial charge in [-0.3, -0.25) is 0 Å². The van der Waals surface area contributed by atoms with Gasteiger partial charge in [0.15, 0.2) is 0 Å². The van der Waals surface area contributed by atoms with E-state index in [1.54, 1.807) is 0 Å². The van der Waals surface area contributed by atoms with Crippen LogP contribution in [0, 0.1) is 0 Å². The van der Waals surface area contributed by atoms with Crippen LogP contribution in [-0.4, -0.2) is 25.8 Å². The maximum Gasteiger partial charge on any atom is 0.407 e. The summed E-state index contributed by atoms with van der Waals surface area (Å²) < 4.78 is 4.62. The van der Waals surface area contributed by atoms with Gasteiger partial charge in [0, 0.05) is 13.1 Å². The van der Waals surface area contributed by atoms with E-state index in [0.717, 1.165) is 6.42 Å². The van der Waals surface area contributed by atoms with Crippen molar-refractivity contribution in [2.75, 3.05) is 19.7 Å². The quantitative estimate of drug-likeness (QED) is 0.590. The standard InChI is InChI=1S/C6H14N2O2/c1-2-4-8-6(9)10-5-3-7/h2-5,7H2,1H3,(H,8,9). The largest absolute Gasteiger partial charge is 0.448 e. The Labute approximate surface area is 60.7 Å². The first-order chi connectivity index (χ1) is 4.81. The van der Waals surface area contributed by atoms with Gasteiger partial charge in [-0.25, -0.2) is 4.79 Å². The molecule has 0 saturated heterocycles. The Bertz CT molecular complexity index is 85.7. The molecular formula is C6H14N2O2. The molecule has 10 heavy (non-hydrogen) atoms. The number of amides is 1. The van der Waals surface area contributed by atoms with Crippen LogP contribution in [0.15, 0.2) is 0 Å². The Morgan fingerprint density at radius 2 is 2.40 bits per heavy atom. The molecule has 3 N–H and O–H groups in total. The highest BCUT2D eigenvalue weighted by Crippen LogP contribution is 1.76. The maximum absolute atomic E-state index is 10.6. The number of hydrogen-bond donors (Lipinski definition) is 2. The molecule has 0 aliphatic heterocycles. The minimum atomic E-state index is -0.382. The van der Waals surface area contributed by atoms with Gasteiger partial charge in [0.25, 0.3) is 0 Å². The predicted octanol–water partition coefficient (Wildman–Crippen LogP) is 0.0813. The summed E-state index contributed by atoms with van der Waals surface area (Å²) in [5.74, 6) is 0. The summed E-state index contributed by atoms with van der Waals surface area (Å²) in [6.45, 7) is 3.29. The highest BCUT2D eigenvalue weighted by Gasteiger charge is 1.96. The van der Waals surface area contributed by atoms with Crippen LogP contribution in [0.4, 0.5) is 4.79 Å². The first-order valence-electron chi connectivity index (χ1n) is 3.42. The van der Waals surface area contributed by atoms with Crippen molar-refractivity contribution in [2.45, 2.75) is 13.3 Å². The van der Waals surface area contributed by atoms with E-state index in [9.17, 15) is 4.79 Å². The van der Waals surface area contributed by atoms with E-state index >= 15 is 0 Å². The van der Waals surface area contributed by atoms with E-state index in [4.69, 9.17) is 5.73 Å². The molecule has 0 fully saturated rings. The second kappa shape index (κ2) is 6.35. The topological polar surface area (TPSA) is 64.3 Å². The van der Waals surface area contributed by atoms with Crippen LogP contribution in [-0.2, 0) is 4.74 Å². The van der Waals surface area contributed by atoms with Crippen molar-refractivity contribution in [2.24, 2.45) is 5.73 Å². The second-order valence-corrected chi connectivity index (χ2v) is 1.85. The third-order valence-electron chi connectivity index (χ3n) is 0.870. The molecule has 0 atom stereocenters. The van der Waals surface area contributed by atoms with Gasteiger partial charge in [-0.1, -0.05) is 6.92 Å². The minimum absolute atomic E-state index is 0.287. The molecule has 0 radical (unpaired) electrons. The van der Waals surface area contributed by atoms with Crippen molar-refractivity contribution < 1.29 is 9.53 Å². The van der Waals surface area contributed by atoms with E-state index in [-0.39, 0.29) is 12.7 Å². The van der Waals surface area contributed by atoms with E-state index < -0.39 is 0 Å². The number of carbonyl (C=O) groups excluding carboxylic acids is 1. The maximum atomic E-state index is 10.6. The van der Waals surface area contributed by atoms with Crippen LogP contribution in [0.1, 0.15) is 13.3 Å². The third kappa shape index (κ3) is 5.37. The Kier molecular flexibility index (Phi) is 5.86. The van der Waals surface area contributed by atoms with E-state index in [2.05, 4.69) is 10.1 Å². The van der Waals surface area contributed by atoms with Crippen LogP contribution in [0.25, 0.3) is 0 Å². The molecule has 0 aromatic carbocycles. The summed E-state index contributed by atoms with van der Waals surface area (Å²) in [7, 11) is 0. The van der Waals surface area contributed by atoms with E-state index in [1.165, 1.54) is 0 Å². The third-order valence-corrected chi connectivity index (χ3v) is 0.870. The Hall–Kier alpha value is -0.770. The van der Waals surface area contributed by atoms with E-state index in [1.807, 2.05) is 6.92 Å². The van der Waals surface area contributed by atoms with Gasteiger partial charge < -0.3 is 15.8 Å². The molecule has 0 aromatic heterocycles. The predicted molar refractivity (Wildman–Crippen MR) is 38.7 cm³/mol. The van der Waals surface area contributed by atoms with Crippen LogP contribution in [0.2, 0.25) is 0 Å². The molecular weight excluding hydrogens is 132 g/mol. The highest BCUT2D eigenvalue weighted by molar-refractivity contribution is 5.66. The van der Waals surface area contributed by atoms with Gasteiger partial charge >= 0.3 is 6.09 Å². The number of hydrogen-bond acceptors (Lipinski definition) is 3. The molecule has 0 unspecified atom stereocenters. The Balaban J connectivity index is 3.09. The van der Waals surface area contributed by atoms with Crippen molar-refractivity contribution in [1.29, 1.82) is 0 Å². The van der Waals surface area contributed by atoms with Crippen molar-refractivity contribution >= 4 is 6.09 Å². The van der Waals surface area contributed by atoms with Gasteiger partial charge in [-0.15, -0.1) is 0 Å². The average molecular weight is 146 g/mol. The van der Waals surface area contributed by atoms with Crippen LogP contribution in [0.3, 0.4) is 0 Å². The van der Waals surface area contributed by atoms with Crippen LogP contribution < -0.4 is 11.1 Å². The van der Waals surface area contributed by atoms with Crippen molar-refractivity contribution in [1.82, 2.24) is 5.32 Å². The summed E-state index contributed by atoms with van der Waals surface area (Å²) in [4.78, 5) is 10.6. The van der Waals surface area contributed by atoms with Crippen molar-refractivity contribution in [3.63, 3.8) is 0 Å². The minimum Gasteiger partial charge on any atom is -0.448 e. The van der Waals surface area contributed by atoms with Gasteiger partial charge in [0.2, 0.25) is 0 Å². The molecule has 1 amide bonds. The van der Waals surface area contributed by atoms with Crippen molar-refractivity contribution in [3.05, 3.63) is 0 Å². The number of carbonyl (C=O) groups is 1. The SMILES string of the molecule is CCCNC(=O)OCCN. The lowest BCUT2D eigenvalue weighted by atomic mass is 10.5. The molecule has 0 rings (SSSR count). The zero-order valence-electron chi connectivity index (χ0n) is 6.22. The molecule has 0 aliphatic carbocycles. The molecule has 0 heterocycles. The number of nitrogens with two attached hydrogens (primary N) is 1. The number of nitrogens with one attached hydrogen (secondary N) is 1. The lowest BCUT2D eigenvalue weighted by Crippen LogP contribution is -2.26. The fourth-order valence-electron chi connectivity index (χ4n) is 0.430. The normalized spacial score (nSPS) is 9.00. The summed E-state index contributed by atoms with van der Waals surface area (Å²) in [5, 5.41) is 2.55. The molecule has 0 spiro atoms. The molecule has 0 bridgehead atoms. The Morgan fingerprint density at radius 1 is 1.70 bits per heavy atom. The fourth-order valence-corrected chi connectivity index (χ4v) is 0.430.